The summed E-state index contributed by atoms with van der Waals surface area (Å²) in [6, 6.07) is 0. The zero-order chi connectivity index (χ0) is 8.48. The monoisotopic (exact) mass is 158 g/mol. The summed E-state index contributed by atoms with van der Waals surface area (Å²) in [6.07, 6.45) is 0.341. The van der Waals surface area contributed by atoms with Gasteiger partial charge in [0.25, 0.3) is 0 Å². The Morgan fingerprint density at radius 2 is 2.09 bits per heavy atom. The van der Waals surface area contributed by atoms with Gasteiger partial charge in [-0.05, 0) is 27.7 Å². The Labute approximate surface area is 68.7 Å². The van der Waals surface area contributed by atoms with Crippen LogP contribution in [0.5, 0.6) is 0 Å². The second kappa shape index (κ2) is 3.09. The van der Waals surface area contributed by atoms with E-state index >= 15 is 0 Å². The lowest BCUT2D eigenvalue weighted by Gasteiger charge is -2.40. The third kappa shape index (κ3) is 2.43. The van der Waals surface area contributed by atoms with Gasteiger partial charge in [0, 0.05) is 12.1 Å². The van der Waals surface area contributed by atoms with Crippen molar-refractivity contribution in [2.24, 2.45) is 0 Å². The van der Waals surface area contributed by atoms with Gasteiger partial charge in [-0.3, -0.25) is 5.43 Å². The lowest BCUT2D eigenvalue weighted by atomic mass is 10.1. The molecule has 0 aliphatic carbocycles. The molecule has 66 valence electrons. The van der Waals surface area contributed by atoms with Gasteiger partial charge < -0.3 is 4.74 Å². The third-order valence-corrected chi connectivity index (χ3v) is 1.87. The first-order valence-corrected chi connectivity index (χ1v) is 4.13. The van der Waals surface area contributed by atoms with Gasteiger partial charge in [-0.25, -0.2) is 5.01 Å². The Balaban J connectivity index is 2.39. The Hall–Kier alpha value is -0.120. The number of nitrogens with zero attached hydrogens (tertiary/aromatic N) is 1. The molecule has 0 saturated carbocycles. The van der Waals surface area contributed by atoms with E-state index in [1.165, 1.54) is 0 Å². The number of nitrogens with one attached hydrogen (secondary N) is 1. The molecule has 0 amide bonds. The van der Waals surface area contributed by atoms with Crippen molar-refractivity contribution < 1.29 is 4.74 Å². The van der Waals surface area contributed by atoms with Crippen LogP contribution in [-0.4, -0.2) is 29.9 Å². The van der Waals surface area contributed by atoms with Crippen molar-refractivity contribution in [2.75, 3.05) is 13.3 Å². The lowest BCUT2D eigenvalue weighted by molar-refractivity contribution is -0.122. The lowest BCUT2D eigenvalue weighted by Crippen LogP contribution is -2.57. The topological polar surface area (TPSA) is 24.5 Å². The highest BCUT2D eigenvalue weighted by molar-refractivity contribution is 4.74. The molecule has 0 aromatic rings. The van der Waals surface area contributed by atoms with Gasteiger partial charge >= 0.3 is 0 Å². The normalized spacial score (nSPS) is 28.9. The fraction of sp³-hybridized carbons (Fsp3) is 1.00. The minimum atomic E-state index is 0.153. The van der Waals surface area contributed by atoms with Gasteiger partial charge in [-0.1, -0.05) is 0 Å². The average molecular weight is 158 g/mol. The fourth-order valence-electron chi connectivity index (χ4n) is 0.976. The zero-order valence-electron chi connectivity index (χ0n) is 7.85. The number of rotatable bonds is 0. The Morgan fingerprint density at radius 3 is 2.45 bits per heavy atom. The summed E-state index contributed by atoms with van der Waals surface area (Å²) in [6.45, 7) is 10.2. The van der Waals surface area contributed by atoms with Crippen LogP contribution in [0.25, 0.3) is 0 Å². The summed E-state index contributed by atoms with van der Waals surface area (Å²) in [5.74, 6) is 0. The highest BCUT2D eigenvalue weighted by atomic mass is 16.5. The van der Waals surface area contributed by atoms with E-state index in [0.717, 1.165) is 6.54 Å². The average Bonchev–Trinajstić information content (AvgIpc) is 1.86. The van der Waals surface area contributed by atoms with Gasteiger partial charge in [0.15, 0.2) is 0 Å². The van der Waals surface area contributed by atoms with Crippen LogP contribution in [0.15, 0.2) is 0 Å². The summed E-state index contributed by atoms with van der Waals surface area (Å²) in [4.78, 5) is 0. The Morgan fingerprint density at radius 1 is 1.45 bits per heavy atom. The third-order valence-electron chi connectivity index (χ3n) is 1.87. The minimum Gasteiger partial charge on any atom is -0.360 e. The largest absolute Gasteiger partial charge is 0.360 e. The summed E-state index contributed by atoms with van der Waals surface area (Å²) >= 11 is 0. The molecule has 3 heteroatoms. The van der Waals surface area contributed by atoms with Crippen LogP contribution in [0.3, 0.4) is 0 Å². The first-order chi connectivity index (χ1) is 5.00. The van der Waals surface area contributed by atoms with E-state index in [-0.39, 0.29) is 5.54 Å². The molecule has 1 aliphatic heterocycles. The van der Waals surface area contributed by atoms with E-state index in [1.807, 2.05) is 0 Å². The molecule has 1 rings (SSSR count). The van der Waals surface area contributed by atoms with Gasteiger partial charge in [-0.2, -0.15) is 0 Å². The Kier molecular flexibility index (Phi) is 2.52. The fourth-order valence-corrected chi connectivity index (χ4v) is 0.976. The predicted octanol–water partition coefficient (Wildman–Crippen LogP) is 0.968. The zero-order valence-corrected chi connectivity index (χ0v) is 7.85. The first-order valence-electron chi connectivity index (χ1n) is 4.13. The maximum absolute atomic E-state index is 5.48. The molecule has 1 fully saturated rings. The van der Waals surface area contributed by atoms with Gasteiger partial charge in [0.05, 0.1) is 6.10 Å². The summed E-state index contributed by atoms with van der Waals surface area (Å²) in [5, 5.41) is 2.12. The molecule has 1 atom stereocenters. The molecule has 3 nitrogen and oxygen atoms in total. The molecular formula is C8H18N2O. The van der Waals surface area contributed by atoms with Crippen LogP contribution in [-0.2, 0) is 4.74 Å². The van der Waals surface area contributed by atoms with Crippen LogP contribution in [0.2, 0.25) is 0 Å². The van der Waals surface area contributed by atoms with Gasteiger partial charge in [0.1, 0.15) is 6.73 Å². The maximum atomic E-state index is 5.48. The van der Waals surface area contributed by atoms with E-state index in [1.54, 1.807) is 0 Å². The molecule has 1 aliphatic rings. The van der Waals surface area contributed by atoms with Crippen molar-refractivity contribution in [1.29, 1.82) is 0 Å². The molecular weight excluding hydrogens is 140 g/mol. The van der Waals surface area contributed by atoms with Gasteiger partial charge in [-0.15, -0.1) is 0 Å². The quantitative estimate of drug-likeness (QED) is 0.568. The highest BCUT2D eigenvalue weighted by Gasteiger charge is 2.25. The van der Waals surface area contributed by atoms with Crippen LogP contribution in [0.4, 0.5) is 0 Å². The standard InChI is InChI=1S/C8H18N2O/c1-7-5-9-10(6-11-7)8(2,3)4/h7,9H,5-6H2,1-4H3. The minimum absolute atomic E-state index is 0.153. The number of hydrogen-bond donors (Lipinski definition) is 1. The van der Waals surface area contributed by atoms with Crippen LogP contribution < -0.4 is 5.43 Å². The van der Waals surface area contributed by atoms with Crippen molar-refractivity contribution in [3.63, 3.8) is 0 Å². The van der Waals surface area contributed by atoms with Crippen LogP contribution in [0.1, 0.15) is 27.7 Å². The van der Waals surface area contributed by atoms with Crippen LogP contribution in [0, 0.1) is 0 Å². The second-order valence-electron chi connectivity index (χ2n) is 4.07. The molecule has 1 saturated heterocycles. The molecule has 0 aromatic heterocycles. The molecule has 0 aromatic carbocycles. The molecule has 0 radical (unpaired) electrons. The molecule has 0 spiro atoms. The smallest absolute Gasteiger partial charge is 0.113 e. The van der Waals surface area contributed by atoms with E-state index in [0.29, 0.717) is 12.8 Å². The molecule has 1 heterocycles. The van der Waals surface area contributed by atoms with E-state index < -0.39 is 0 Å². The Bertz CT molecular complexity index is 123. The van der Waals surface area contributed by atoms with E-state index in [2.05, 4.69) is 38.1 Å². The van der Waals surface area contributed by atoms with Crippen molar-refractivity contribution in [3.8, 4) is 0 Å². The summed E-state index contributed by atoms with van der Waals surface area (Å²) in [5.41, 5.74) is 3.47. The van der Waals surface area contributed by atoms with E-state index in [4.69, 9.17) is 4.74 Å². The number of ether oxygens (including phenoxy) is 1. The first kappa shape index (κ1) is 8.97. The SMILES string of the molecule is CC1CNN(C(C)(C)C)CO1. The molecule has 1 N–H and O–H groups in total. The molecule has 11 heavy (non-hydrogen) atoms. The van der Waals surface area contributed by atoms with Crippen LogP contribution >= 0.6 is 0 Å². The van der Waals surface area contributed by atoms with Gasteiger partial charge in [0.2, 0.25) is 0 Å². The van der Waals surface area contributed by atoms with Crippen molar-refractivity contribution >= 4 is 0 Å². The summed E-state index contributed by atoms with van der Waals surface area (Å²) in [7, 11) is 0. The number of hydrogen-bond acceptors (Lipinski definition) is 3. The second-order valence-corrected chi connectivity index (χ2v) is 4.07. The van der Waals surface area contributed by atoms with E-state index in [9.17, 15) is 0 Å². The highest BCUT2D eigenvalue weighted by Crippen LogP contribution is 2.13. The molecule has 1 unspecified atom stereocenters. The molecule has 0 bridgehead atoms. The maximum Gasteiger partial charge on any atom is 0.113 e. The number of hydrazine groups is 1. The summed E-state index contributed by atoms with van der Waals surface area (Å²) < 4.78 is 5.48. The predicted molar refractivity (Wildman–Crippen MR) is 45.0 cm³/mol. The van der Waals surface area contributed by atoms with Crippen molar-refractivity contribution in [2.45, 2.75) is 39.3 Å². The van der Waals surface area contributed by atoms with Crippen molar-refractivity contribution in [3.05, 3.63) is 0 Å². The van der Waals surface area contributed by atoms with Crippen molar-refractivity contribution in [1.82, 2.24) is 10.4 Å².